The standard InChI is InChI=1S/C15H12ClF4NO4S/c1-24-13-7-12(14(25-2)6-10(13)16)21-26(22,23)8-3-4-11(17)9(5-8)15(18,19)20/h3-7,21H,1-2H3. The lowest BCUT2D eigenvalue weighted by atomic mass is 10.2. The third-order valence-electron chi connectivity index (χ3n) is 3.27. The molecule has 0 heterocycles. The van der Waals surface area contributed by atoms with Crippen LogP contribution in [0.1, 0.15) is 5.56 Å². The molecule has 0 aliphatic carbocycles. The highest BCUT2D eigenvalue weighted by atomic mass is 35.5. The molecule has 5 nitrogen and oxygen atoms in total. The van der Waals surface area contributed by atoms with Gasteiger partial charge in [-0.05, 0) is 18.2 Å². The molecule has 26 heavy (non-hydrogen) atoms. The number of sulfonamides is 1. The normalized spacial score (nSPS) is 12.0. The Labute approximate surface area is 151 Å². The maximum Gasteiger partial charge on any atom is 0.419 e. The molecule has 0 fully saturated rings. The van der Waals surface area contributed by atoms with Crippen LogP contribution in [0.15, 0.2) is 35.2 Å². The summed E-state index contributed by atoms with van der Waals surface area (Å²) in [5.41, 5.74) is -1.81. The quantitative estimate of drug-likeness (QED) is 0.742. The number of hydrogen-bond donors (Lipinski definition) is 1. The third kappa shape index (κ3) is 4.13. The first-order chi connectivity index (χ1) is 12.0. The van der Waals surface area contributed by atoms with E-state index in [1.165, 1.54) is 26.4 Å². The summed E-state index contributed by atoms with van der Waals surface area (Å²) in [7, 11) is -1.94. The summed E-state index contributed by atoms with van der Waals surface area (Å²) >= 11 is 5.91. The molecule has 2 rings (SSSR count). The Morgan fingerprint density at radius 1 is 1.04 bits per heavy atom. The van der Waals surface area contributed by atoms with Crippen molar-refractivity contribution >= 4 is 27.3 Å². The van der Waals surface area contributed by atoms with Crippen molar-refractivity contribution in [3.8, 4) is 11.5 Å². The molecular formula is C15H12ClF4NO4S. The number of rotatable bonds is 5. The Hall–Kier alpha value is -2.20. The highest BCUT2D eigenvalue weighted by Gasteiger charge is 2.35. The molecule has 0 aliphatic heterocycles. The molecule has 0 saturated heterocycles. The van der Waals surface area contributed by atoms with E-state index < -0.39 is 32.5 Å². The lowest BCUT2D eigenvalue weighted by Crippen LogP contribution is -2.16. The van der Waals surface area contributed by atoms with Gasteiger partial charge in [0.2, 0.25) is 0 Å². The Balaban J connectivity index is 2.50. The van der Waals surface area contributed by atoms with E-state index in [4.69, 9.17) is 21.1 Å². The minimum atomic E-state index is -5.04. The van der Waals surface area contributed by atoms with Crippen molar-refractivity contribution in [1.29, 1.82) is 0 Å². The van der Waals surface area contributed by atoms with Crippen molar-refractivity contribution in [1.82, 2.24) is 0 Å². The average molecular weight is 414 g/mol. The van der Waals surface area contributed by atoms with Crippen LogP contribution in [0.2, 0.25) is 5.02 Å². The van der Waals surface area contributed by atoms with Crippen molar-refractivity contribution in [2.24, 2.45) is 0 Å². The van der Waals surface area contributed by atoms with Crippen LogP contribution < -0.4 is 14.2 Å². The highest BCUT2D eigenvalue weighted by Crippen LogP contribution is 2.37. The SMILES string of the molecule is COc1cc(NS(=O)(=O)c2ccc(F)c(C(F)(F)F)c2)c(OC)cc1Cl. The van der Waals surface area contributed by atoms with Gasteiger partial charge in [0.05, 0.1) is 35.4 Å². The van der Waals surface area contributed by atoms with Crippen molar-refractivity contribution in [3.05, 3.63) is 46.7 Å². The second-order valence-electron chi connectivity index (χ2n) is 4.93. The number of ether oxygens (including phenoxy) is 2. The Kier molecular flexibility index (Phi) is 5.57. The van der Waals surface area contributed by atoms with Gasteiger partial charge in [-0.3, -0.25) is 4.72 Å². The molecule has 0 saturated carbocycles. The summed E-state index contributed by atoms with van der Waals surface area (Å²) in [5, 5.41) is 0.133. The lowest BCUT2D eigenvalue weighted by molar-refractivity contribution is -0.140. The zero-order valence-corrected chi connectivity index (χ0v) is 14.9. The number of methoxy groups -OCH3 is 2. The molecule has 0 bridgehead atoms. The van der Waals surface area contributed by atoms with Crippen molar-refractivity contribution in [3.63, 3.8) is 0 Å². The van der Waals surface area contributed by atoms with E-state index in [2.05, 4.69) is 4.72 Å². The van der Waals surface area contributed by atoms with Gasteiger partial charge in [-0.15, -0.1) is 0 Å². The zero-order chi connectivity index (χ0) is 19.7. The summed E-state index contributed by atoms with van der Waals surface area (Å²) < 4.78 is 88.6. The summed E-state index contributed by atoms with van der Waals surface area (Å²) in [6.07, 6.45) is -5.04. The minimum absolute atomic E-state index is 0.0116. The fourth-order valence-corrected chi connectivity index (χ4v) is 3.35. The number of benzene rings is 2. The second-order valence-corrected chi connectivity index (χ2v) is 7.02. The molecule has 11 heteroatoms. The first-order valence-corrected chi connectivity index (χ1v) is 8.67. The van der Waals surface area contributed by atoms with Gasteiger partial charge in [0, 0.05) is 12.1 Å². The third-order valence-corrected chi connectivity index (χ3v) is 4.93. The molecule has 0 radical (unpaired) electrons. The van der Waals surface area contributed by atoms with E-state index in [1.807, 2.05) is 0 Å². The lowest BCUT2D eigenvalue weighted by Gasteiger charge is -2.15. The predicted octanol–water partition coefficient (Wildman–Crippen LogP) is 4.32. The van der Waals surface area contributed by atoms with E-state index in [0.717, 1.165) is 0 Å². The average Bonchev–Trinajstić information content (AvgIpc) is 2.54. The molecule has 0 aliphatic rings. The fraction of sp³-hybridized carbons (Fsp3) is 0.200. The molecule has 2 aromatic rings. The van der Waals surface area contributed by atoms with Crippen molar-refractivity contribution in [2.45, 2.75) is 11.1 Å². The maximum atomic E-state index is 13.4. The molecule has 0 spiro atoms. The second kappa shape index (κ2) is 7.20. The van der Waals surface area contributed by atoms with Crippen LogP contribution >= 0.6 is 11.6 Å². The van der Waals surface area contributed by atoms with Crippen LogP contribution in [0, 0.1) is 5.82 Å². The number of halogens is 5. The molecule has 1 N–H and O–H groups in total. The van der Waals surface area contributed by atoms with Gasteiger partial charge in [0.1, 0.15) is 17.3 Å². The zero-order valence-electron chi connectivity index (χ0n) is 13.3. The Morgan fingerprint density at radius 3 is 2.19 bits per heavy atom. The minimum Gasteiger partial charge on any atom is -0.495 e. The van der Waals surface area contributed by atoms with Crippen molar-refractivity contribution < 1.29 is 35.5 Å². The number of nitrogens with one attached hydrogen (secondary N) is 1. The number of hydrogen-bond acceptors (Lipinski definition) is 4. The summed E-state index contributed by atoms with van der Waals surface area (Å²) in [6.45, 7) is 0. The number of anilines is 1. The molecule has 142 valence electrons. The molecule has 0 atom stereocenters. The van der Waals surface area contributed by atoms with Gasteiger partial charge in [-0.25, -0.2) is 12.8 Å². The monoisotopic (exact) mass is 413 g/mol. The van der Waals surface area contributed by atoms with Crippen LogP contribution in [-0.4, -0.2) is 22.6 Å². The highest BCUT2D eigenvalue weighted by molar-refractivity contribution is 7.92. The van der Waals surface area contributed by atoms with Crippen LogP contribution in [0.3, 0.4) is 0 Å². The van der Waals surface area contributed by atoms with Crippen LogP contribution in [-0.2, 0) is 16.2 Å². The van der Waals surface area contributed by atoms with E-state index in [1.54, 1.807) is 0 Å². The van der Waals surface area contributed by atoms with Gasteiger partial charge in [-0.1, -0.05) is 11.6 Å². The van der Waals surface area contributed by atoms with E-state index in [9.17, 15) is 26.0 Å². The van der Waals surface area contributed by atoms with Gasteiger partial charge in [0.15, 0.2) is 0 Å². The largest absolute Gasteiger partial charge is 0.495 e. The van der Waals surface area contributed by atoms with Crippen LogP contribution in [0.5, 0.6) is 11.5 Å². The summed E-state index contributed by atoms with van der Waals surface area (Å²) in [6, 6.07) is 3.82. The van der Waals surface area contributed by atoms with E-state index >= 15 is 0 Å². The molecule has 0 amide bonds. The van der Waals surface area contributed by atoms with Crippen LogP contribution in [0.4, 0.5) is 23.2 Å². The molecule has 0 aromatic heterocycles. The van der Waals surface area contributed by atoms with E-state index in [0.29, 0.717) is 12.1 Å². The van der Waals surface area contributed by atoms with E-state index in [-0.39, 0.29) is 28.3 Å². The molecular weight excluding hydrogens is 402 g/mol. The molecule has 2 aromatic carbocycles. The fourth-order valence-electron chi connectivity index (χ4n) is 2.03. The predicted molar refractivity (Wildman–Crippen MR) is 86.8 cm³/mol. The van der Waals surface area contributed by atoms with Gasteiger partial charge in [-0.2, -0.15) is 13.2 Å². The van der Waals surface area contributed by atoms with Gasteiger partial charge < -0.3 is 9.47 Å². The molecule has 0 unspecified atom stereocenters. The summed E-state index contributed by atoms with van der Waals surface area (Å²) in [5.74, 6) is -1.46. The Bertz CT molecular complexity index is 932. The Morgan fingerprint density at radius 2 is 1.65 bits per heavy atom. The van der Waals surface area contributed by atoms with Gasteiger partial charge in [0.25, 0.3) is 10.0 Å². The summed E-state index contributed by atoms with van der Waals surface area (Å²) in [4.78, 5) is -0.776. The maximum absolute atomic E-state index is 13.4. The van der Waals surface area contributed by atoms with Crippen LogP contribution in [0.25, 0.3) is 0 Å². The smallest absolute Gasteiger partial charge is 0.419 e. The topological polar surface area (TPSA) is 64.6 Å². The van der Waals surface area contributed by atoms with Gasteiger partial charge >= 0.3 is 6.18 Å². The number of alkyl halides is 3. The first-order valence-electron chi connectivity index (χ1n) is 6.80. The van der Waals surface area contributed by atoms with Crippen molar-refractivity contribution in [2.75, 3.05) is 18.9 Å². The first kappa shape index (κ1) is 20.1.